The Morgan fingerprint density at radius 1 is 1.21 bits per heavy atom. The van der Waals surface area contributed by atoms with E-state index in [9.17, 15) is 4.79 Å². The summed E-state index contributed by atoms with van der Waals surface area (Å²) in [5.74, 6) is -0.0190. The first-order valence-corrected chi connectivity index (χ1v) is 8.83. The molecule has 1 N–H and O–H groups in total. The van der Waals surface area contributed by atoms with Crippen LogP contribution in [0.2, 0.25) is 0 Å². The van der Waals surface area contributed by atoms with E-state index in [2.05, 4.69) is 40.6 Å². The van der Waals surface area contributed by atoms with E-state index >= 15 is 0 Å². The summed E-state index contributed by atoms with van der Waals surface area (Å²) in [5.41, 5.74) is 3.21. The second-order valence-electron chi connectivity index (χ2n) is 7.02. The molecule has 5 nitrogen and oxygen atoms in total. The van der Waals surface area contributed by atoms with Crippen LogP contribution < -0.4 is 5.32 Å². The van der Waals surface area contributed by atoms with Crippen molar-refractivity contribution in [1.29, 1.82) is 0 Å². The Labute approximate surface area is 142 Å². The van der Waals surface area contributed by atoms with E-state index in [-0.39, 0.29) is 11.9 Å². The first-order valence-electron chi connectivity index (χ1n) is 8.83. The normalized spacial score (nSPS) is 21.6. The molecule has 1 unspecified atom stereocenters. The number of likely N-dealkylation sites (N-methyl/N-ethyl adjacent to an activating group) is 1. The van der Waals surface area contributed by atoms with E-state index in [1.54, 1.807) is 6.20 Å². The van der Waals surface area contributed by atoms with Crippen LogP contribution in [0.15, 0.2) is 36.5 Å². The molecule has 1 amide bonds. The molecule has 1 saturated carbocycles. The SMILES string of the molecule is CN1Cc2ccccc2C(NC(=O)c2ccnn2C2CCCC2)C1. The Kier molecular flexibility index (Phi) is 4.10. The highest BCUT2D eigenvalue weighted by molar-refractivity contribution is 5.92. The minimum absolute atomic E-state index is 0.0190. The molecule has 2 aromatic rings. The van der Waals surface area contributed by atoms with Gasteiger partial charge in [-0.1, -0.05) is 37.1 Å². The number of hydrogen-bond donors (Lipinski definition) is 1. The standard InChI is InChI=1S/C19H24N4O/c1-22-12-14-6-2-5-9-16(14)17(13-22)21-19(24)18-10-11-20-23(18)15-7-3-4-8-15/h2,5-6,9-11,15,17H,3-4,7-8,12-13H2,1H3,(H,21,24). The van der Waals surface area contributed by atoms with Crippen LogP contribution in [0.1, 0.15) is 59.4 Å². The highest BCUT2D eigenvalue weighted by atomic mass is 16.2. The summed E-state index contributed by atoms with van der Waals surface area (Å²) in [5, 5.41) is 7.65. The molecule has 0 saturated heterocycles. The molecule has 1 aliphatic carbocycles. The van der Waals surface area contributed by atoms with Gasteiger partial charge in [-0.3, -0.25) is 14.4 Å². The predicted molar refractivity (Wildman–Crippen MR) is 92.7 cm³/mol. The van der Waals surface area contributed by atoms with Crippen molar-refractivity contribution in [3.63, 3.8) is 0 Å². The number of carbonyl (C=O) groups excluding carboxylic acids is 1. The Morgan fingerprint density at radius 2 is 2.00 bits per heavy atom. The lowest BCUT2D eigenvalue weighted by molar-refractivity contribution is 0.0908. The topological polar surface area (TPSA) is 50.2 Å². The van der Waals surface area contributed by atoms with E-state index < -0.39 is 0 Å². The highest BCUT2D eigenvalue weighted by Crippen LogP contribution is 2.30. The van der Waals surface area contributed by atoms with Gasteiger partial charge < -0.3 is 5.32 Å². The number of amides is 1. The molecule has 1 aliphatic heterocycles. The van der Waals surface area contributed by atoms with Gasteiger partial charge in [0.2, 0.25) is 0 Å². The second kappa shape index (κ2) is 6.40. The fourth-order valence-electron chi connectivity index (χ4n) is 4.07. The number of fused-ring (bicyclic) bond motifs is 1. The first kappa shape index (κ1) is 15.4. The van der Waals surface area contributed by atoms with Crippen molar-refractivity contribution in [2.75, 3.05) is 13.6 Å². The third-order valence-electron chi connectivity index (χ3n) is 5.24. The molecule has 0 radical (unpaired) electrons. The van der Waals surface area contributed by atoms with E-state index in [0.717, 1.165) is 25.9 Å². The maximum atomic E-state index is 12.9. The van der Waals surface area contributed by atoms with Crippen molar-refractivity contribution in [3.05, 3.63) is 53.3 Å². The average molecular weight is 324 g/mol. The van der Waals surface area contributed by atoms with Crippen LogP contribution in [-0.4, -0.2) is 34.2 Å². The van der Waals surface area contributed by atoms with Crippen LogP contribution in [0.4, 0.5) is 0 Å². The summed E-state index contributed by atoms with van der Waals surface area (Å²) in [7, 11) is 2.10. The Morgan fingerprint density at radius 3 is 2.83 bits per heavy atom. The van der Waals surface area contributed by atoms with Crippen molar-refractivity contribution < 1.29 is 4.79 Å². The van der Waals surface area contributed by atoms with Gasteiger partial charge in [0.15, 0.2) is 0 Å². The zero-order valence-electron chi connectivity index (χ0n) is 14.1. The van der Waals surface area contributed by atoms with Crippen LogP contribution >= 0.6 is 0 Å². The predicted octanol–water partition coefficient (Wildman–Crippen LogP) is 2.91. The minimum Gasteiger partial charge on any atom is -0.343 e. The average Bonchev–Trinajstić information content (AvgIpc) is 3.25. The number of aromatic nitrogens is 2. The van der Waals surface area contributed by atoms with E-state index in [0.29, 0.717) is 11.7 Å². The Balaban J connectivity index is 1.56. The lowest BCUT2D eigenvalue weighted by atomic mass is 9.95. The number of rotatable bonds is 3. The smallest absolute Gasteiger partial charge is 0.270 e. The molecule has 126 valence electrons. The van der Waals surface area contributed by atoms with Crippen molar-refractivity contribution in [2.45, 2.75) is 44.3 Å². The maximum Gasteiger partial charge on any atom is 0.270 e. The molecule has 0 bridgehead atoms. The summed E-state index contributed by atoms with van der Waals surface area (Å²) in [6.45, 7) is 1.77. The summed E-state index contributed by atoms with van der Waals surface area (Å²) < 4.78 is 1.93. The molecular formula is C19H24N4O. The molecule has 1 atom stereocenters. The monoisotopic (exact) mass is 324 g/mol. The lowest BCUT2D eigenvalue weighted by Gasteiger charge is -2.32. The van der Waals surface area contributed by atoms with Gasteiger partial charge in [-0.05, 0) is 37.1 Å². The quantitative estimate of drug-likeness (QED) is 0.944. The van der Waals surface area contributed by atoms with E-state index in [4.69, 9.17) is 0 Å². The molecule has 4 rings (SSSR count). The summed E-state index contributed by atoms with van der Waals surface area (Å²) in [6.07, 6.45) is 6.45. The third kappa shape index (κ3) is 2.84. The van der Waals surface area contributed by atoms with E-state index in [1.807, 2.05) is 16.8 Å². The summed E-state index contributed by atoms with van der Waals surface area (Å²) in [4.78, 5) is 15.1. The minimum atomic E-state index is -0.0190. The fourth-order valence-corrected chi connectivity index (χ4v) is 4.07. The molecule has 2 aliphatic rings. The van der Waals surface area contributed by atoms with Gasteiger partial charge in [0.25, 0.3) is 5.91 Å². The lowest BCUT2D eigenvalue weighted by Crippen LogP contribution is -2.41. The molecule has 1 aromatic heterocycles. The molecular weight excluding hydrogens is 300 g/mol. The highest BCUT2D eigenvalue weighted by Gasteiger charge is 2.27. The van der Waals surface area contributed by atoms with Crippen molar-refractivity contribution in [2.24, 2.45) is 0 Å². The second-order valence-corrected chi connectivity index (χ2v) is 7.02. The third-order valence-corrected chi connectivity index (χ3v) is 5.24. The molecule has 5 heteroatoms. The van der Waals surface area contributed by atoms with Crippen LogP contribution in [0.25, 0.3) is 0 Å². The number of hydrogen-bond acceptors (Lipinski definition) is 3. The molecule has 2 heterocycles. The van der Waals surface area contributed by atoms with Gasteiger partial charge in [0.05, 0.1) is 12.1 Å². The van der Waals surface area contributed by atoms with Crippen LogP contribution in [0.5, 0.6) is 0 Å². The largest absolute Gasteiger partial charge is 0.343 e. The van der Waals surface area contributed by atoms with Crippen molar-refractivity contribution in [1.82, 2.24) is 20.0 Å². The number of benzene rings is 1. The van der Waals surface area contributed by atoms with Crippen molar-refractivity contribution in [3.8, 4) is 0 Å². The van der Waals surface area contributed by atoms with Gasteiger partial charge in [-0.2, -0.15) is 5.10 Å². The zero-order chi connectivity index (χ0) is 16.5. The van der Waals surface area contributed by atoms with Gasteiger partial charge in [-0.15, -0.1) is 0 Å². The Bertz CT molecular complexity index is 732. The van der Waals surface area contributed by atoms with E-state index in [1.165, 1.54) is 24.0 Å². The fraction of sp³-hybridized carbons (Fsp3) is 0.474. The summed E-state index contributed by atoms with van der Waals surface area (Å²) in [6, 6.07) is 10.6. The number of nitrogens with one attached hydrogen (secondary N) is 1. The van der Waals surface area contributed by atoms with Crippen LogP contribution in [0, 0.1) is 0 Å². The van der Waals surface area contributed by atoms with Gasteiger partial charge >= 0.3 is 0 Å². The van der Waals surface area contributed by atoms with Gasteiger partial charge in [0, 0.05) is 19.3 Å². The first-order chi connectivity index (χ1) is 11.7. The van der Waals surface area contributed by atoms with Crippen molar-refractivity contribution >= 4 is 5.91 Å². The Hall–Kier alpha value is -2.14. The van der Waals surface area contributed by atoms with Crippen LogP contribution in [-0.2, 0) is 6.54 Å². The molecule has 24 heavy (non-hydrogen) atoms. The molecule has 1 fully saturated rings. The van der Waals surface area contributed by atoms with Gasteiger partial charge in [0.1, 0.15) is 5.69 Å². The number of nitrogens with zero attached hydrogens (tertiary/aromatic N) is 3. The zero-order valence-corrected chi connectivity index (χ0v) is 14.1. The maximum absolute atomic E-state index is 12.9. The van der Waals surface area contributed by atoms with Crippen LogP contribution in [0.3, 0.4) is 0 Å². The van der Waals surface area contributed by atoms with Gasteiger partial charge in [-0.25, -0.2) is 0 Å². The molecule has 1 aromatic carbocycles. The molecule has 0 spiro atoms. The summed E-state index contributed by atoms with van der Waals surface area (Å²) >= 11 is 0. The number of carbonyl (C=O) groups is 1.